The van der Waals surface area contributed by atoms with Gasteiger partial charge in [0.15, 0.2) is 0 Å². The van der Waals surface area contributed by atoms with Crippen LogP contribution in [0.5, 0.6) is 0 Å². The molecular formula is C7H11N3. The molecule has 0 bridgehead atoms. The number of nitriles is 2. The van der Waals surface area contributed by atoms with Gasteiger partial charge >= 0.3 is 0 Å². The number of nitrogens with one attached hydrogen (secondary N) is 1. The predicted molar refractivity (Wildman–Crippen MR) is 37.9 cm³/mol. The third-order valence-electron chi connectivity index (χ3n) is 1.08. The molecule has 0 aromatic rings. The first kappa shape index (κ1) is 8.94. The van der Waals surface area contributed by atoms with E-state index in [4.69, 9.17) is 10.5 Å². The molecule has 54 valence electrons. The molecule has 0 aliphatic heterocycles. The van der Waals surface area contributed by atoms with Crippen molar-refractivity contribution < 1.29 is 0 Å². The van der Waals surface area contributed by atoms with Crippen molar-refractivity contribution in [3.05, 3.63) is 0 Å². The molecule has 0 aliphatic rings. The zero-order chi connectivity index (χ0) is 7.82. The van der Waals surface area contributed by atoms with Gasteiger partial charge in [-0.3, -0.25) is 0 Å². The van der Waals surface area contributed by atoms with Gasteiger partial charge in [-0.2, -0.15) is 10.5 Å². The Kier molecular flexibility index (Phi) is 5.42. The van der Waals surface area contributed by atoms with E-state index in [9.17, 15) is 0 Å². The minimum absolute atomic E-state index is 0.0405. The maximum Gasteiger partial charge on any atom is 0.0666 e. The fraction of sp³-hybridized carbons (Fsp3) is 0.714. The summed E-state index contributed by atoms with van der Waals surface area (Å²) in [5, 5.41) is 19.5. The molecule has 0 spiro atoms. The Bertz CT molecular complexity index is 151. The summed E-state index contributed by atoms with van der Waals surface area (Å²) in [4.78, 5) is 0. The Morgan fingerprint density at radius 1 is 1.50 bits per heavy atom. The highest BCUT2D eigenvalue weighted by Gasteiger charge is 1.95. The average molecular weight is 137 g/mol. The van der Waals surface area contributed by atoms with Crippen molar-refractivity contribution in [3.8, 4) is 12.1 Å². The lowest BCUT2D eigenvalue weighted by molar-refractivity contribution is 0.608. The standard InChI is InChI=1S/C7H11N3/c1-7(5-9)6-10-4-2-3-8/h7,10H,2,4,6H2,1H3. The molecule has 0 rings (SSSR count). The Hall–Kier alpha value is -1.06. The van der Waals surface area contributed by atoms with Crippen molar-refractivity contribution in [1.82, 2.24) is 5.32 Å². The van der Waals surface area contributed by atoms with E-state index in [1.807, 2.05) is 13.0 Å². The van der Waals surface area contributed by atoms with Gasteiger partial charge in [-0.25, -0.2) is 0 Å². The van der Waals surface area contributed by atoms with Crippen LogP contribution in [0.4, 0.5) is 0 Å². The normalized spacial score (nSPS) is 11.5. The van der Waals surface area contributed by atoms with E-state index < -0.39 is 0 Å². The lowest BCUT2D eigenvalue weighted by atomic mass is 10.2. The van der Waals surface area contributed by atoms with Gasteiger partial charge in [-0.05, 0) is 6.92 Å². The number of hydrogen-bond donors (Lipinski definition) is 1. The first-order valence-electron chi connectivity index (χ1n) is 3.28. The van der Waals surface area contributed by atoms with Crippen molar-refractivity contribution in [2.24, 2.45) is 5.92 Å². The molecule has 0 saturated heterocycles. The smallest absolute Gasteiger partial charge is 0.0666 e. The predicted octanol–water partition coefficient (Wildman–Crippen LogP) is 0.649. The fourth-order valence-electron chi connectivity index (χ4n) is 0.509. The van der Waals surface area contributed by atoms with Crippen molar-refractivity contribution in [3.63, 3.8) is 0 Å². The van der Waals surface area contributed by atoms with E-state index in [0.717, 1.165) is 0 Å². The summed E-state index contributed by atoms with van der Waals surface area (Å²) in [7, 11) is 0. The van der Waals surface area contributed by atoms with E-state index in [2.05, 4.69) is 11.4 Å². The van der Waals surface area contributed by atoms with E-state index >= 15 is 0 Å². The maximum atomic E-state index is 8.34. The van der Waals surface area contributed by atoms with E-state index in [1.165, 1.54) is 0 Å². The van der Waals surface area contributed by atoms with Crippen LogP contribution in [-0.2, 0) is 0 Å². The van der Waals surface area contributed by atoms with Crippen LogP contribution in [0.2, 0.25) is 0 Å². The van der Waals surface area contributed by atoms with Gasteiger partial charge in [0, 0.05) is 19.5 Å². The van der Waals surface area contributed by atoms with Crippen LogP contribution < -0.4 is 5.32 Å². The highest BCUT2D eigenvalue weighted by molar-refractivity contribution is 4.80. The second-order valence-corrected chi connectivity index (χ2v) is 2.14. The summed E-state index contributed by atoms with van der Waals surface area (Å²) in [5.74, 6) is 0.0405. The van der Waals surface area contributed by atoms with Gasteiger partial charge in [0.05, 0.1) is 18.1 Å². The molecule has 0 aromatic carbocycles. The summed E-state index contributed by atoms with van der Waals surface area (Å²) < 4.78 is 0. The molecule has 3 nitrogen and oxygen atoms in total. The van der Waals surface area contributed by atoms with Crippen LogP contribution in [-0.4, -0.2) is 13.1 Å². The molecule has 1 atom stereocenters. The first-order valence-corrected chi connectivity index (χ1v) is 3.28. The maximum absolute atomic E-state index is 8.34. The van der Waals surface area contributed by atoms with E-state index in [-0.39, 0.29) is 5.92 Å². The molecule has 0 aliphatic carbocycles. The molecule has 0 saturated carbocycles. The summed E-state index contributed by atoms with van der Waals surface area (Å²) >= 11 is 0. The molecule has 0 aromatic heterocycles. The van der Waals surface area contributed by atoms with E-state index in [0.29, 0.717) is 19.5 Å². The second-order valence-electron chi connectivity index (χ2n) is 2.14. The third kappa shape index (κ3) is 5.08. The minimum atomic E-state index is 0.0405. The summed E-state index contributed by atoms with van der Waals surface area (Å²) in [6.45, 7) is 3.21. The van der Waals surface area contributed by atoms with Crippen LogP contribution in [0.3, 0.4) is 0 Å². The lowest BCUT2D eigenvalue weighted by Gasteiger charge is -2.01. The van der Waals surface area contributed by atoms with Crippen LogP contribution in [0, 0.1) is 28.6 Å². The van der Waals surface area contributed by atoms with Crippen molar-refractivity contribution in [2.45, 2.75) is 13.3 Å². The zero-order valence-corrected chi connectivity index (χ0v) is 6.09. The lowest BCUT2D eigenvalue weighted by Crippen LogP contribution is -2.20. The van der Waals surface area contributed by atoms with Crippen molar-refractivity contribution in [2.75, 3.05) is 13.1 Å². The summed E-state index contributed by atoms with van der Waals surface area (Å²) in [6.07, 6.45) is 0.512. The molecule has 0 heterocycles. The zero-order valence-electron chi connectivity index (χ0n) is 6.09. The van der Waals surface area contributed by atoms with Gasteiger partial charge in [0.25, 0.3) is 0 Å². The Morgan fingerprint density at radius 2 is 2.20 bits per heavy atom. The number of nitrogens with zero attached hydrogens (tertiary/aromatic N) is 2. The average Bonchev–Trinajstić information content (AvgIpc) is 1.98. The molecular weight excluding hydrogens is 126 g/mol. The molecule has 0 fully saturated rings. The van der Waals surface area contributed by atoms with Gasteiger partial charge in [0.2, 0.25) is 0 Å². The molecule has 0 amide bonds. The summed E-state index contributed by atoms with van der Waals surface area (Å²) in [6, 6.07) is 4.11. The second kappa shape index (κ2) is 6.07. The van der Waals surface area contributed by atoms with Crippen LogP contribution in [0.15, 0.2) is 0 Å². The SMILES string of the molecule is CC(C#N)CNCCC#N. The quantitative estimate of drug-likeness (QED) is 0.579. The Balaban J connectivity index is 3.07. The molecule has 0 radical (unpaired) electrons. The van der Waals surface area contributed by atoms with Gasteiger partial charge in [0.1, 0.15) is 0 Å². The monoisotopic (exact) mass is 137 g/mol. The minimum Gasteiger partial charge on any atom is -0.314 e. The number of rotatable bonds is 4. The highest BCUT2D eigenvalue weighted by atomic mass is 14.8. The molecule has 1 unspecified atom stereocenters. The Morgan fingerprint density at radius 3 is 2.70 bits per heavy atom. The summed E-state index contributed by atoms with van der Waals surface area (Å²) in [5.41, 5.74) is 0. The van der Waals surface area contributed by atoms with Gasteiger partial charge in [-0.15, -0.1) is 0 Å². The first-order chi connectivity index (χ1) is 4.81. The number of hydrogen-bond acceptors (Lipinski definition) is 3. The van der Waals surface area contributed by atoms with Crippen molar-refractivity contribution in [1.29, 1.82) is 10.5 Å². The largest absolute Gasteiger partial charge is 0.314 e. The fourth-order valence-corrected chi connectivity index (χ4v) is 0.509. The van der Waals surface area contributed by atoms with Crippen LogP contribution in [0.25, 0.3) is 0 Å². The van der Waals surface area contributed by atoms with Gasteiger partial charge in [-0.1, -0.05) is 0 Å². The highest BCUT2D eigenvalue weighted by Crippen LogP contribution is 1.86. The third-order valence-corrected chi connectivity index (χ3v) is 1.08. The topological polar surface area (TPSA) is 59.6 Å². The van der Waals surface area contributed by atoms with Crippen LogP contribution in [0.1, 0.15) is 13.3 Å². The molecule has 1 N–H and O–H groups in total. The van der Waals surface area contributed by atoms with Crippen molar-refractivity contribution >= 4 is 0 Å². The molecule has 3 heteroatoms. The van der Waals surface area contributed by atoms with E-state index in [1.54, 1.807) is 0 Å². The van der Waals surface area contributed by atoms with Crippen LogP contribution >= 0.6 is 0 Å². The Labute approximate surface area is 61.3 Å². The van der Waals surface area contributed by atoms with Gasteiger partial charge < -0.3 is 5.32 Å². The molecule has 10 heavy (non-hydrogen) atoms.